The van der Waals surface area contributed by atoms with E-state index in [0.717, 1.165) is 24.0 Å². The third kappa shape index (κ3) is 2.64. The molecule has 0 spiro atoms. The summed E-state index contributed by atoms with van der Waals surface area (Å²) in [6, 6.07) is 19.4. The van der Waals surface area contributed by atoms with Gasteiger partial charge in [0.25, 0.3) is 0 Å². The predicted octanol–water partition coefficient (Wildman–Crippen LogP) is 4.00. The maximum absolute atomic E-state index is 12.6. The van der Waals surface area contributed by atoms with Crippen LogP contribution in [0.1, 0.15) is 37.0 Å². The van der Waals surface area contributed by atoms with Gasteiger partial charge in [0.2, 0.25) is 5.60 Å². The second kappa shape index (κ2) is 6.32. The number of benzene rings is 2. The van der Waals surface area contributed by atoms with Crippen LogP contribution in [-0.4, -0.2) is 12.6 Å². The minimum Gasteiger partial charge on any atom is -0.463 e. The normalized spacial score (nSPS) is 23.0. The summed E-state index contributed by atoms with van der Waals surface area (Å²) >= 11 is 0. The van der Waals surface area contributed by atoms with Crippen molar-refractivity contribution >= 4 is 5.97 Å². The lowest BCUT2D eigenvalue weighted by Crippen LogP contribution is -2.26. The Morgan fingerprint density at radius 1 is 1.09 bits per heavy atom. The molecule has 0 radical (unpaired) electrons. The van der Waals surface area contributed by atoms with E-state index in [0.29, 0.717) is 6.61 Å². The van der Waals surface area contributed by atoms with Crippen LogP contribution in [0.4, 0.5) is 0 Å². The Morgan fingerprint density at radius 2 is 1.73 bits per heavy atom. The highest BCUT2D eigenvalue weighted by atomic mass is 16.7. The summed E-state index contributed by atoms with van der Waals surface area (Å²) in [5.41, 5.74) is 0.861. The molecule has 1 aliphatic heterocycles. The van der Waals surface area contributed by atoms with Gasteiger partial charge in [-0.1, -0.05) is 74.0 Å². The first-order chi connectivity index (χ1) is 10.8. The lowest BCUT2D eigenvalue weighted by molar-refractivity contribution is -0.150. The molecule has 0 amide bonds. The zero-order chi connectivity index (χ0) is 15.4. The van der Waals surface area contributed by atoms with Crippen LogP contribution in [0.2, 0.25) is 0 Å². The number of rotatable bonds is 6. The maximum Gasteiger partial charge on any atom is 0.346 e. The van der Waals surface area contributed by atoms with Gasteiger partial charge in [-0.05, 0) is 17.5 Å². The Kier molecular flexibility index (Phi) is 4.25. The molecule has 0 aromatic heterocycles. The van der Waals surface area contributed by atoms with Gasteiger partial charge in [0, 0.05) is 0 Å². The lowest BCUT2D eigenvalue weighted by atomic mass is 9.92. The maximum atomic E-state index is 12.6. The predicted molar refractivity (Wildman–Crippen MR) is 84.3 cm³/mol. The van der Waals surface area contributed by atoms with Gasteiger partial charge in [-0.2, -0.15) is 0 Å². The molecule has 2 aromatic rings. The molecule has 1 saturated heterocycles. The number of epoxide rings is 1. The van der Waals surface area contributed by atoms with Crippen molar-refractivity contribution in [1.82, 2.24) is 0 Å². The standard InChI is InChI=1S/C19H20O3/c1-2-3-14-21-18(20)19(16-12-8-5-9-13-16)17(22-19)15-10-6-4-7-11-15/h4-13,17H,2-3,14H2,1H3. The Bertz CT molecular complexity index is 624. The first-order valence-corrected chi connectivity index (χ1v) is 7.74. The van der Waals surface area contributed by atoms with Crippen molar-refractivity contribution in [3.05, 3.63) is 71.8 Å². The summed E-state index contributed by atoms with van der Waals surface area (Å²) in [5, 5.41) is 0. The number of carbonyl (C=O) groups excluding carboxylic acids is 1. The molecule has 0 N–H and O–H groups in total. The van der Waals surface area contributed by atoms with E-state index in [2.05, 4.69) is 6.92 Å². The Labute approximate surface area is 130 Å². The highest BCUT2D eigenvalue weighted by Gasteiger charge is 2.65. The average molecular weight is 296 g/mol. The van der Waals surface area contributed by atoms with Crippen molar-refractivity contribution < 1.29 is 14.3 Å². The number of ether oxygens (including phenoxy) is 2. The quantitative estimate of drug-likeness (QED) is 0.459. The van der Waals surface area contributed by atoms with Crippen LogP contribution in [0, 0.1) is 0 Å². The fourth-order valence-electron chi connectivity index (χ4n) is 2.68. The van der Waals surface area contributed by atoms with Crippen LogP contribution >= 0.6 is 0 Å². The molecule has 3 nitrogen and oxygen atoms in total. The molecular weight excluding hydrogens is 276 g/mol. The summed E-state index contributed by atoms with van der Waals surface area (Å²) in [7, 11) is 0. The minimum absolute atomic E-state index is 0.273. The molecule has 1 heterocycles. The van der Waals surface area contributed by atoms with Gasteiger partial charge in [-0.3, -0.25) is 0 Å². The van der Waals surface area contributed by atoms with Crippen LogP contribution in [0.5, 0.6) is 0 Å². The van der Waals surface area contributed by atoms with E-state index in [4.69, 9.17) is 9.47 Å². The van der Waals surface area contributed by atoms with Crippen LogP contribution < -0.4 is 0 Å². The van der Waals surface area contributed by atoms with Gasteiger partial charge in [0.1, 0.15) is 6.10 Å². The minimum atomic E-state index is -0.990. The SMILES string of the molecule is CCCCOC(=O)C1(c2ccccc2)OC1c1ccccc1. The Hall–Kier alpha value is -2.13. The Balaban J connectivity index is 1.87. The van der Waals surface area contributed by atoms with Crippen LogP contribution in [0.3, 0.4) is 0 Å². The molecule has 114 valence electrons. The van der Waals surface area contributed by atoms with E-state index < -0.39 is 5.60 Å². The zero-order valence-electron chi connectivity index (χ0n) is 12.7. The fourth-order valence-corrected chi connectivity index (χ4v) is 2.68. The molecular formula is C19H20O3. The van der Waals surface area contributed by atoms with Gasteiger partial charge >= 0.3 is 5.97 Å². The lowest BCUT2D eigenvalue weighted by Gasteiger charge is -2.13. The number of carbonyl (C=O) groups is 1. The summed E-state index contributed by atoms with van der Waals surface area (Å²) in [4.78, 5) is 12.6. The van der Waals surface area contributed by atoms with E-state index in [1.165, 1.54) is 0 Å². The number of hydrogen-bond donors (Lipinski definition) is 0. The molecule has 0 bridgehead atoms. The third-order valence-electron chi connectivity index (χ3n) is 3.96. The topological polar surface area (TPSA) is 38.8 Å². The molecule has 2 unspecified atom stereocenters. The van der Waals surface area contributed by atoms with E-state index in [1.54, 1.807) is 0 Å². The molecule has 3 heteroatoms. The van der Waals surface area contributed by atoms with Crippen molar-refractivity contribution in [2.75, 3.05) is 6.61 Å². The highest BCUT2D eigenvalue weighted by molar-refractivity contribution is 5.85. The van der Waals surface area contributed by atoms with Gasteiger partial charge < -0.3 is 9.47 Å². The summed E-state index contributed by atoms with van der Waals surface area (Å²) in [6.07, 6.45) is 1.59. The second-order valence-electron chi connectivity index (χ2n) is 5.50. The Morgan fingerprint density at radius 3 is 2.36 bits per heavy atom. The van der Waals surface area contributed by atoms with Crippen molar-refractivity contribution in [3.63, 3.8) is 0 Å². The zero-order valence-corrected chi connectivity index (χ0v) is 12.7. The van der Waals surface area contributed by atoms with E-state index in [-0.39, 0.29) is 12.1 Å². The summed E-state index contributed by atoms with van der Waals surface area (Å²) < 4.78 is 11.3. The summed E-state index contributed by atoms with van der Waals surface area (Å²) in [6.45, 7) is 2.51. The number of unbranched alkanes of at least 4 members (excludes halogenated alkanes) is 1. The van der Waals surface area contributed by atoms with E-state index in [9.17, 15) is 4.79 Å². The molecule has 3 rings (SSSR count). The van der Waals surface area contributed by atoms with Crippen molar-refractivity contribution in [3.8, 4) is 0 Å². The van der Waals surface area contributed by atoms with E-state index >= 15 is 0 Å². The van der Waals surface area contributed by atoms with Gasteiger partial charge in [-0.15, -0.1) is 0 Å². The molecule has 2 atom stereocenters. The molecule has 0 saturated carbocycles. The highest BCUT2D eigenvalue weighted by Crippen LogP contribution is 2.57. The average Bonchev–Trinajstić information content (AvgIpc) is 3.34. The summed E-state index contributed by atoms with van der Waals surface area (Å²) in [5.74, 6) is -0.291. The van der Waals surface area contributed by atoms with Crippen molar-refractivity contribution in [2.24, 2.45) is 0 Å². The van der Waals surface area contributed by atoms with Crippen LogP contribution in [-0.2, 0) is 19.9 Å². The smallest absolute Gasteiger partial charge is 0.346 e. The molecule has 2 aromatic carbocycles. The van der Waals surface area contributed by atoms with Crippen molar-refractivity contribution in [1.29, 1.82) is 0 Å². The van der Waals surface area contributed by atoms with Crippen LogP contribution in [0.15, 0.2) is 60.7 Å². The molecule has 0 aliphatic carbocycles. The van der Waals surface area contributed by atoms with Gasteiger partial charge in [-0.25, -0.2) is 4.79 Å². The fraction of sp³-hybridized carbons (Fsp3) is 0.316. The largest absolute Gasteiger partial charge is 0.463 e. The second-order valence-corrected chi connectivity index (χ2v) is 5.50. The van der Waals surface area contributed by atoms with Crippen LogP contribution in [0.25, 0.3) is 0 Å². The number of hydrogen-bond acceptors (Lipinski definition) is 3. The van der Waals surface area contributed by atoms with E-state index in [1.807, 2.05) is 60.7 Å². The first-order valence-electron chi connectivity index (χ1n) is 7.74. The molecule has 22 heavy (non-hydrogen) atoms. The van der Waals surface area contributed by atoms with Gasteiger partial charge in [0.05, 0.1) is 6.61 Å². The molecule has 1 aliphatic rings. The van der Waals surface area contributed by atoms with Gasteiger partial charge in [0.15, 0.2) is 0 Å². The molecule has 1 fully saturated rings. The third-order valence-corrected chi connectivity index (χ3v) is 3.96. The van der Waals surface area contributed by atoms with Crippen molar-refractivity contribution in [2.45, 2.75) is 31.5 Å². The number of esters is 1. The monoisotopic (exact) mass is 296 g/mol. The first kappa shape index (κ1) is 14.8.